The summed E-state index contributed by atoms with van der Waals surface area (Å²) in [6.45, 7) is 0.658. The van der Waals surface area contributed by atoms with E-state index in [0.717, 1.165) is 5.56 Å². The van der Waals surface area contributed by atoms with Crippen LogP contribution in [0.15, 0.2) is 36.7 Å². The van der Waals surface area contributed by atoms with Crippen molar-refractivity contribution < 1.29 is 9.90 Å². The zero-order valence-corrected chi connectivity index (χ0v) is 11.9. The van der Waals surface area contributed by atoms with Crippen LogP contribution in [0.5, 0.6) is 0 Å². The zero-order valence-electron chi connectivity index (χ0n) is 11.9. The number of benzene rings is 1. The number of urea groups is 1. The molecule has 0 fully saturated rings. The maximum absolute atomic E-state index is 11.6. The summed E-state index contributed by atoms with van der Waals surface area (Å²) in [6, 6.07) is 9.06. The quantitative estimate of drug-likeness (QED) is 0.731. The van der Waals surface area contributed by atoms with E-state index in [1.807, 2.05) is 30.3 Å². The molecule has 0 bridgehead atoms. The smallest absolute Gasteiger partial charge is 0.315 e. The summed E-state index contributed by atoms with van der Waals surface area (Å²) in [7, 11) is 1.77. The van der Waals surface area contributed by atoms with Gasteiger partial charge >= 0.3 is 6.03 Å². The van der Waals surface area contributed by atoms with Crippen molar-refractivity contribution in [3.63, 3.8) is 0 Å². The second-order valence-corrected chi connectivity index (χ2v) is 4.66. The number of hydrogen-bond acceptors (Lipinski definition) is 4. The van der Waals surface area contributed by atoms with E-state index < -0.39 is 6.10 Å². The van der Waals surface area contributed by atoms with Crippen molar-refractivity contribution in [3.8, 4) is 0 Å². The number of aliphatic hydroxyl groups is 1. The van der Waals surface area contributed by atoms with Crippen LogP contribution in [0.25, 0.3) is 0 Å². The molecule has 1 atom stereocenters. The van der Waals surface area contributed by atoms with Crippen LogP contribution in [-0.4, -0.2) is 32.4 Å². The second kappa shape index (κ2) is 7.39. The molecular formula is C14H19N5O2. The van der Waals surface area contributed by atoms with Crippen LogP contribution < -0.4 is 10.6 Å². The third-order valence-electron chi connectivity index (χ3n) is 2.94. The van der Waals surface area contributed by atoms with Gasteiger partial charge in [0.25, 0.3) is 0 Å². The van der Waals surface area contributed by atoms with Crippen LogP contribution in [0.2, 0.25) is 0 Å². The van der Waals surface area contributed by atoms with Crippen LogP contribution in [0.3, 0.4) is 0 Å². The summed E-state index contributed by atoms with van der Waals surface area (Å²) in [5.74, 6) is 0.553. The maximum Gasteiger partial charge on any atom is 0.315 e. The molecule has 3 N–H and O–H groups in total. The standard InChI is InChI=1S/C14H19N5O2/c1-19-10-17-13(18-19)9-16-14(21)15-8-7-12(20)11-5-3-2-4-6-11/h2-6,10,12,20H,7-9H2,1H3,(H2,15,16,21). The van der Waals surface area contributed by atoms with E-state index in [1.54, 1.807) is 18.1 Å². The fourth-order valence-electron chi connectivity index (χ4n) is 1.85. The molecule has 2 aromatic rings. The second-order valence-electron chi connectivity index (χ2n) is 4.66. The van der Waals surface area contributed by atoms with Gasteiger partial charge in [0, 0.05) is 13.6 Å². The highest BCUT2D eigenvalue weighted by Crippen LogP contribution is 2.14. The van der Waals surface area contributed by atoms with E-state index in [9.17, 15) is 9.90 Å². The molecule has 112 valence electrons. The lowest BCUT2D eigenvalue weighted by molar-refractivity contribution is 0.167. The van der Waals surface area contributed by atoms with E-state index >= 15 is 0 Å². The number of amides is 2. The third-order valence-corrected chi connectivity index (χ3v) is 2.94. The average molecular weight is 289 g/mol. The summed E-state index contributed by atoms with van der Waals surface area (Å²) in [5, 5.41) is 19.3. The van der Waals surface area contributed by atoms with Crippen molar-refractivity contribution in [2.45, 2.75) is 19.1 Å². The van der Waals surface area contributed by atoms with Crippen molar-refractivity contribution in [2.24, 2.45) is 7.05 Å². The zero-order chi connectivity index (χ0) is 15.1. The molecule has 21 heavy (non-hydrogen) atoms. The van der Waals surface area contributed by atoms with Gasteiger partial charge < -0.3 is 15.7 Å². The number of aliphatic hydroxyl groups excluding tert-OH is 1. The van der Waals surface area contributed by atoms with Gasteiger partial charge in [0.15, 0.2) is 5.82 Å². The monoisotopic (exact) mass is 289 g/mol. The first-order chi connectivity index (χ1) is 10.1. The minimum absolute atomic E-state index is 0.272. The molecular weight excluding hydrogens is 270 g/mol. The molecule has 0 radical (unpaired) electrons. The van der Waals surface area contributed by atoms with Crippen LogP contribution in [0.4, 0.5) is 4.79 Å². The SMILES string of the molecule is Cn1cnc(CNC(=O)NCCC(O)c2ccccc2)n1. The average Bonchev–Trinajstić information content (AvgIpc) is 2.91. The fourth-order valence-corrected chi connectivity index (χ4v) is 1.85. The van der Waals surface area contributed by atoms with E-state index in [4.69, 9.17) is 0 Å². The third kappa shape index (κ3) is 4.88. The predicted molar refractivity (Wildman–Crippen MR) is 77.3 cm³/mol. The van der Waals surface area contributed by atoms with Crippen molar-refractivity contribution >= 4 is 6.03 Å². The van der Waals surface area contributed by atoms with Gasteiger partial charge in [-0.2, -0.15) is 5.10 Å². The molecule has 0 spiro atoms. The molecule has 0 saturated heterocycles. The lowest BCUT2D eigenvalue weighted by Gasteiger charge is -2.11. The van der Waals surface area contributed by atoms with Gasteiger partial charge in [0.2, 0.25) is 0 Å². The normalized spacial score (nSPS) is 11.9. The maximum atomic E-state index is 11.6. The van der Waals surface area contributed by atoms with Gasteiger partial charge in [-0.05, 0) is 12.0 Å². The van der Waals surface area contributed by atoms with Gasteiger partial charge in [0.1, 0.15) is 6.33 Å². The molecule has 0 aliphatic rings. The Kier molecular flexibility index (Phi) is 5.28. The first-order valence-electron chi connectivity index (χ1n) is 6.74. The van der Waals surface area contributed by atoms with Gasteiger partial charge in [0.05, 0.1) is 12.6 Å². The molecule has 0 aliphatic carbocycles. The van der Waals surface area contributed by atoms with Crippen molar-refractivity contribution in [1.82, 2.24) is 25.4 Å². The van der Waals surface area contributed by atoms with E-state index in [-0.39, 0.29) is 12.6 Å². The largest absolute Gasteiger partial charge is 0.388 e. The number of hydrogen-bond donors (Lipinski definition) is 3. The minimum Gasteiger partial charge on any atom is -0.388 e. The number of nitrogens with zero attached hydrogens (tertiary/aromatic N) is 3. The van der Waals surface area contributed by atoms with Crippen LogP contribution in [-0.2, 0) is 13.6 Å². The predicted octanol–water partition coefficient (Wildman–Crippen LogP) is 0.738. The molecule has 2 rings (SSSR count). The number of aryl methyl sites for hydroxylation is 1. The Morgan fingerprint density at radius 3 is 2.76 bits per heavy atom. The molecule has 7 heteroatoms. The van der Waals surface area contributed by atoms with Crippen molar-refractivity contribution in [1.29, 1.82) is 0 Å². The van der Waals surface area contributed by atoms with Gasteiger partial charge in [-0.1, -0.05) is 30.3 Å². The van der Waals surface area contributed by atoms with Crippen molar-refractivity contribution in [2.75, 3.05) is 6.54 Å². The van der Waals surface area contributed by atoms with Crippen LogP contribution in [0, 0.1) is 0 Å². The molecule has 7 nitrogen and oxygen atoms in total. The molecule has 1 aromatic carbocycles. The first kappa shape index (κ1) is 15.0. The molecule has 0 saturated carbocycles. The summed E-state index contributed by atoms with van der Waals surface area (Å²) in [5.41, 5.74) is 0.845. The number of rotatable bonds is 6. The minimum atomic E-state index is -0.580. The number of carbonyl (C=O) groups excluding carboxylic acids is 1. The van der Waals surface area contributed by atoms with E-state index in [0.29, 0.717) is 18.8 Å². The molecule has 0 aliphatic heterocycles. The lowest BCUT2D eigenvalue weighted by atomic mass is 10.1. The summed E-state index contributed by atoms with van der Waals surface area (Å²) in [4.78, 5) is 15.6. The Morgan fingerprint density at radius 1 is 1.33 bits per heavy atom. The highest BCUT2D eigenvalue weighted by molar-refractivity contribution is 5.73. The Hall–Kier alpha value is -2.41. The number of aromatic nitrogens is 3. The van der Waals surface area contributed by atoms with E-state index in [1.165, 1.54) is 0 Å². The fraction of sp³-hybridized carbons (Fsp3) is 0.357. The Bertz CT molecular complexity index is 570. The number of nitrogens with one attached hydrogen (secondary N) is 2. The Morgan fingerprint density at radius 2 is 2.10 bits per heavy atom. The van der Waals surface area contributed by atoms with Crippen LogP contribution >= 0.6 is 0 Å². The molecule has 1 heterocycles. The summed E-state index contributed by atoms with van der Waals surface area (Å²) in [6.07, 6.45) is 1.45. The molecule has 1 aromatic heterocycles. The van der Waals surface area contributed by atoms with Crippen LogP contribution in [0.1, 0.15) is 23.9 Å². The Labute approximate surface area is 123 Å². The first-order valence-corrected chi connectivity index (χ1v) is 6.74. The topological polar surface area (TPSA) is 92.1 Å². The molecule has 1 unspecified atom stereocenters. The van der Waals surface area contributed by atoms with Crippen molar-refractivity contribution in [3.05, 3.63) is 48.0 Å². The lowest BCUT2D eigenvalue weighted by Crippen LogP contribution is -2.36. The highest BCUT2D eigenvalue weighted by Gasteiger charge is 2.08. The highest BCUT2D eigenvalue weighted by atomic mass is 16.3. The van der Waals surface area contributed by atoms with Gasteiger partial charge in [-0.25, -0.2) is 9.78 Å². The number of carbonyl (C=O) groups is 1. The molecule has 2 amide bonds. The van der Waals surface area contributed by atoms with Gasteiger partial charge in [-0.3, -0.25) is 4.68 Å². The Balaban J connectivity index is 1.65. The van der Waals surface area contributed by atoms with Gasteiger partial charge in [-0.15, -0.1) is 0 Å². The summed E-state index contributed by atoms with van der Waals surface area (Å²) >= 11 is 0. The van der Waals surface area contributed by atoms with E-state index in [2.05, 4.69) is 20.7 Å². The summed E-state index contributed by atoms with van der Waals surface area (Å²) < 4.78 is 1.57.